The van der Waals surface area contributed by atoms with Crippen molar-refractivity contribution in [2.24, 2.45) is 11.8 Å². The van der Waals surface area contributed by atoms with Crippen LogP contribution in [0.4, 0.5) is 0 Å². The number of nitrogens with one attached hydrogen (secondary N) is 1. The fourth-order valence-corrected chi connectivity index (χ4v) is 5.63. The fraction of sp³-hybridized carbons (Fsp3) is 0.632. The van der Waals surface area contributed by atoms with E-state index in [0.717, 1.165) is 32.5 Å². The van der Waals surface area contributed by atoms with Crippen LogP contribution in [-0.4, -0.2) is 62.8 Å². The van der Waals surface area contributed by atoms with Gasteiger partial charge in [-0.2, -0.15) is 4.31 Å². The van der Waals surface area contributed by atoms with Crippen LogP contribution in [0.5, 0.6) is 0 Å². The van der Waals surface area contributed by atoms with E-state index in [1.54, 1.807) is 28.6 Å². The molecule has 0 aliphatic carbocycles. The molecular formula is C19H29N3O3S. The molecule has 7 heteroatoms. The maximum atomic E-state index is 12.9. The van der Waals surface area contributed by atoms with Gasteiger partial charge in [-0.15, -0.1) is 0 Å². The lowest BCUT2D eigenvalue weighted by Gasteiger charge is -2.34. The number of hydrogen-bond donors (Lipinski definition) is 1. The van der Waals surface area contributed by atoms with Crippen LogP contribution in [0.3, 0.4) is 0 Å². The van der Waals surface area contributed by atoms with Gasteiger partial charge in [0.25, 0.3) is 5.91 Å². The molecule has 2 unspecified atom stereocenters. The van der Waals surface area contributed by atoms with Gasteiger partial charge in [0.1, 0.15) is 0 Å². The van der Waals surface area contributed by atoms with Gasteiger partial charge in [-0.05, 0) is 55.5 Å². The highest BCUT2D eigenvalue weighted by atomic mass is 32.2. The number of benzene rings is 1. The molecule has 0 saturated carbocycles. The molecule has 2 heterocycles. The molecule has 1 amide bonds. The number of carbonyl (C=O) groups excluding carboxylic acids is 1. The Morgan fingerprint density at radius 2 is 1.69 bits per heavy atom. The first-order valence-corrected chi connectivity index (χ1v) is 10.9. The highest BCUT2D eigenvalue weighted by Gasteiger charge is 2.31. The van der Waals surface area contributed by atoms with E-state index in [-0.39, 0.29) is 10.8 Å². The maximum Gasteiger partial charge on any atom is 0.253 e. The van der Waals surface area contributed by atoms with E-state index in [1.165, 1.54) is 0 Å². The summed E-state index contributed by atoms with van der Waals surface area (Å²) in [4.78, 5) is 14.7. The number of amides is 1. The standard InChI is InChI=1S/C19H29N3O3S/c1-15-12-16(2)14-22(13-15)26(24,25)18-6-4-17(5-7-18)19(23)21-10-3-8-20-9-11-21/h4-7,15-16,20H,3,8-14H2,1-2H3. The Labute approximate surface area is 156 Å². The minimum atomic E-state index is -3.50. The summed E-state index contributed by atoms with van der Waals surface area (Å²) < 4.78 is 27.4. The Bertz CT molecular complexity index is 715. The Morgan fingerprint density at radius 1 is 1.04 bits per heavy atom. The molecule has 6 nitrogen and oxygen atoms in total. The minimum Gasteiger partial charge on any atom is -0.337 e. The highest BCUT2D eigenvalue weighted by Crippen LogP contribution is 2.26. The molecule has 0 bridgehead atoms. The molecule has 2 saturated heterocycles. The largest absolute Gasteiger partial charge is 0.337 e. The van der Waals surface area contributed by atoms with Crippen LogP contribution in [-0.2, 0) is 10.0 Å². The van der Waals surface area contributed by atoms with E-state index < -0.39 is 10.0 Å². The van der Waals surface area contributed by atoms with Crippen LogP contribution >= 0.6 is 0 Å². The monoisotopic (exact) mass is 379 g/mol. The van der Waals surface area contributed by atoms with Gasteiger partial charge >= 0.3 is 0 Å². The van der Waals surface area contributed by atoms with Gasteiger partial charge in [0, 0.05) is 38.3 Å². The van der Waals surface area contributed by atoms with Crippen molar-refractivity contribution >= 4 is 15.9 Å². The first kappa shape index (κ1) is 19.3. The van der Waals surface area contributed by atoms with Crippen LogP contribution in [0.1, 0.15) is 37.0 Å². The van der Waals surface area contributed by atoms with E-state index in [0.29, 0.717) is 37.0 Å². The third-order valence-electron chi connectivity index (χ3n) is 5.20. The molecule has 0 spiro atoms. The third-order valence-corrected chi connectivity index (χ3v) is 7.05. The van der Waals surface area contributed by atoms with Crippen molar-refractivity contribution in [2.75, 3.05) is 39.3 Å². The molecule has 1 N–H and O–H groups in total. The number of carbonyl (C=O) groups is 1. The van der Waals surface area contributed by atoms with Crippen LogP contribution < -0.4 is 5.32 Å². The molecule has 2 atom stereocenters. The molecule has 144 valence electrons. The van der Waals surface area contributed by atoms with E-state index in [9.17, 15) is 13.2 Å². The summed E-state index contributed by atoms with van der Waals surface area (Å²) in [6, 6.07) is 6.43. The SMILES string of the molecule is CC1CC(C)CN(S(=O)(=O)c2ccc(C(=O)N3CCCNCC3)cc2)C1. The first-order chi connectivity index (χ1) is 12.4. The zero-order valence-electron chi connectivity index (χ0n) is 15.6. The molecule has 3 rings (SSSR count). The van der Waals surface area contributed by atoms with E-state index >= 15 is 0 Å². The molecule has 2 fully saturated rings. The lowest BCUT2D eigenvalue weighted by molar-refractivity contribution is 0.0766. The molecule has 1 aromatic rings. The number of hydrogen-bond acceptors (Lipinski definition) is 4. The summed E-state index contributed by atoms with van der Waals surface area (Å²) >= 11 is 0. The van der Waals surface area contributed by atoms with Crippen molar-refractivity contribution in [3.05, 3.63) is 29.8 Å². The second-order valence-electron chi connectivity index (χ2n) is 7.69. The van der Waals surface area contributed by atoms with Gasteiger partial charge in [-0.1, -0.05) is 13.8 Å². The van der Waals surface area contributed by atoms with Crippen molar-refractivity contribution < 1.29 is 13.2 Å². The number of nitrogens with zero attached hydrogens (tertiary/aromatic N) is 2. The van der Waals surface area contributed by atoms with Gasteiger partial charge in [-0.25, -0.2) is 8.42 Å². The van der Waals surface area contributed by atoms with E-state index in [4.69, 9.17) is 0 Å². The molecule has 0 radical (unpaired) electrons. The van der Waals surface area contributed by atoms with Crippen molar-refractivity contribution in [1.82, 2.24) is 14.5 Å². The Balaban J connectivity index is 1.75. The maximum absolute atomic E-state index is 12.9. The van der Waals surface area contributed by atoms with Crippen LogP contribution in [0.25, 0.3) is 0 Å². The quantitative estimate of drug-likeness (QED) is 0.869. The Hall–Kier alpha value is -1.44. The summed E-state index contributed by atoms with van der Waals surface area (Å²) in [7, 11) is -3.50. The summed E-state index contributed by atoms with van der Waals surface area (Å²) in [6.07, 6.45) is 1.99. The molecule has 2 aliphatic heterocycles. The summed E-state index contributed by atoms with van der Waals surface area (Å²) in [5.74, 6) is 0.704. The smallest absolute Gasteiger partial charge is 0.253 e. The summed E-state index contributed by atoms with van der Waals surface area (Å²) in [6.45, 7) is 8.45. The molecule has 1 aromatic carbocycles. The van der Waals surface area contributed by atoms with Crippen molar-refractivity contribution in [1.29, 1.82) is 0 Å². The van der Waals surface area contributed by atoms with E-state index in [1.807, 2.05) is 4.90 Å². The Morgan fingerprint density at radius 3 is 2.35 bits per heavy atom. The number of sulfonamides is 1. The Kier molecular flexibility index (Phi) is 5.99. The average Bonchev–Trinajstić information content (AvgIpc) is 2.90. The number of piperidine rings is 1. The van der Waals surface area contributed by atoms with Crippen LogP contribution in [0.2, 0.25) is 0 Å². The van der Waals surface area contributed by atoms with Gasteiger partial charge in [0.05, 0.1) is 4.90 Å². The van der Waals surface area contributed by atoms with Crippen molar-refractivity contribution in [3.63, 3.8) is 0 Å². The minimum absolute atomic E-state index is 0.0298. The predicted octanol–water partition coefficient (Wildman–Crippen LogP) is 1.79. The molecule has 26 heavy (non-hydrogen) atoms. The lowest BCUT2D eigenvalue weighted by Crippen LogP contribution is -2.42. The molecule has 2 aliphatic rings. The zero-order valence-corrected chi connectivity index (χ0v) is 16.5. The summed E-state index contributed by atoms with van der Waals surface area (Å²) in [5, 5.41) is 3.28. The van der Waals surface area contributed by atoms with Crippen molar-refractivity contribution in [3.8, 4) is 0 Å². The second kappa shape index (κ2) is 8.06. The number of rotatable bonds is 3. The highest BCUT2D eigenvalue weighted by molar-refractivity contribution is 7.89. The van der Waals surface area contributed by atoms with Crippen LogP contribution in [0.15, 0.2) is 29.2 Å². The topological polar surface area (TPSA) is 69.7 Å². The van der Waals surface area contributed by atoms with E-state index in [2.05, 4.69) is 19.2 Å². The third kappa shape index (κ3) is 4.27. The van der Waals surface area contributed by atoms with Gasteiger partial charge in [-0.3, -0.25) is 4.79 Å². The fourth-order valence-electron chi connectivity index (χ4n) is 3.95. The predicted molar refractivity (Wildman–Crippen MR) is 102 cm³/mol. The van der Waals surface area contributed by atoms with Gasteiger partial charge in [0.15, 0.2) is 0 Å². The lowest BCUT2D eigenvalue weighted by atomic mass is 9.94. The van der Waals surface area contributed by atoms with Crippen molar-refractivity contribution in [2.45, 2.75) is 31.6 Å². The molecule has 0 aromatic heterocycles. The first-order valence-electron chi connectivity index (χ1n) is 9.48. The summed E-state index contributed by atoms with van der Waals surface area (Å²) in [5.41, 5.74) is 0.547. The van der Waals surface area contributed by atoms with Crippen LogP contribution in [0, 0.1) is 11.8 Å². The average molecular weight is 380 g/mol. The normalized spacial score (nSPS) is 25.7. The zero-order chi connectivity index (χ0) is 18.7. The van der Waals surface area contributed by atoms with Gasteiger partial charge < -0.3 is 10.2 Å². The van der Waals surface area contributed by atoms with Gasteiger partial charge in [0.2, 0.25) is 10.0 Å². The molecular weight excluding hydrogens is 350 g/mol. The second-order valence-corrected chi connectivity index (χ2v) is 9.63.